The molecule has 0 aliphatic carbocycles. The highest BCUT2D eigenvalue weighted by Crippen LogP contribution is 2.31. The molecule has 0 radical (unpaired) electrons. The Kier molecular flexibility index (Phi) is 5.33. The molecule has 0 saturated carbocycles. The first-order valence-electron chi connectivity index (χ1n) is 9.33. The molecule has 1 aliphatic heterocycles. The number of methoxy groups -OCH3 is 1. The van der Waals surface area contributed by atoms with Crippen LogP contribution in [-0.2, 0) is 6.42 Å². The predicted octanol–water partition coefficient (Wildman–Crippen LogP) is 3.81. The van der Waals surface area contributed by atoms with Crippen LogP contribution in [0.1, 0.15) is 43.7 Å². The van der Waals surface area contributed by atoms with Gasteiger partial charge in [-0.15, -0.1) is 11.3 Å². The minimum atomic E-state index is -0.311. The van der Waals surface area contributed by atoms with E-state index in [1.54, 1.807) is 53.8 Å². The van der Waals surface area contributed by atoms with Crippen LogP contribution < -0.4 is 15.0 Å². The molecule has 1 N–H and O–H groups in total. The Morgan fingerprint density at radius 3 is 2.53 bits per heavy atom. The fourth-order valence-electron chi connectivity index (χ4n) is 3.31. The van der Waals surface area contributed by atoms with Crippen LogP contribution in [0.4, 0.5) is 10.8 Å². The van der Waals surface area contributed by atoms with Crippen molar-refractivity contribution < 1.29 is 19.1 Å². The molecule has 0 unspecified atom stereocenters. The number of fused-ring (bicyclic) bond motifs is 1. The summed E-state index contributed by atoms with van der Waals surface area (Å²) in [6.45, 7) is 2.05. The summed E-state index contributed by atoms with van der Waals surface area (Å²) in [7, 11) is 1.56. The first-order chi connectivity index (χ1) is 14.5. The molecule has 1 aliphatic rings. The van der Waals surface area contributed by atoms with Gasteiger partial charge in [-0.3, -0.25) is 19.7 Å². The topological polar surface area (TPSA) is 88.6 Å². The van der Waals surface area contributed by atoms with E-state index in [9.17, 15) is 14.4 Å². The summed E-state index contributed by atoms with van der Waals surface area (Å²) >= 11 is 1.20. The number of carbonyl (C=O) groups excluding carboxylic acids is 3. The number of nitrogens with zero attached hydrogens (tertiary/aromatic N) is 2. The molecule has 2 aromatic carbocycles. The molecule has 0 bridgehead atoms. The van der Waals surface area contributed by atoms with Gasteiger partial charge in [0.15, 0.2) is 10.9 Å². The van der Waals surface area contributed by atoms with Crippen LogP contribution in [0.5, 0.6) is 5.75 Å². The first-order valence-corrected chi connectivity index (χ1v) is 10.2. The molecule has 152 valence electrons. The fourth-order valence-corrected chi connectivity index (χ4v) is 3.99. The summed E-state index contributed by atoms with van der Waals surface area (Å²) < 4.78 is 5.09. The van der Waals surface area contributed by atoms with Gasteiger partial charge < -0.3 is 9.64 Å². The molecule has 0 atom stereocenters. The molecular weight excluding hydrogens is 402 g/mol. The van der Waals surface area contributed by atoms with E-state index in [1.165, 1.54) is 18.3 Å². The number of amides is 2. The van der Waals surface area contributed by atoms with E-state index in [-0.39, 0.29) is 23.3 Å². The van der Waals surface area contributed by atoms with E-state index in [1.807, 2.05) is 6.07 Å². The van der Waals surface area contributed by atoms with Crippen molar-refractivity contribution >= 4 is 39.8 Å². The smallest absolute Gasteiger partial charge is 0.277 e. The zero-order chi connectivity index (χ0) is 21.3. The average Bonchev–Trinajstić information content (AvgIpc) is 3.39. The fraction of sp³-hybridized carbons (Fsp3) is 0.182. The van der Waals surface area contributed by atoms with Gasteiger partial charge in [0.05, 0.1) is 7.11 Å². The number of ketones is 1. The van der Waals surface area contributed by atoms with E-state index in [4.69, 9.17) is 4.74 Å². The maximum absolute atomic E-state index is 12.9. The van der Waals surface area contributed by atoms with Gasteiger partial charge in [-0.2, -0.15) is 0 Å². The van der Waals surface area contributed by atoms with Gasteiger partial charge >= 0.3 is 0 Å². The van der Waals surface area contributed by atoms with Crippen LogP contribution in [-0.4, -0.2) is 36.2 Å². The predicted molar refractivity (Wildman–Crippen MR) is 115 cm³/mol. The van der Waals surface area contributed by atoms with Crippen LogP contribution in [0, 0.1) is 0 Å². The van der Waals surface area contributed by atoms with Crippen molar-refractivity contribution in [3.8, 4) is 5.75 Å². The van der Waals surface area contributed by atoms with E-state index in [0.717, 1.165) is 11.3 Å². The zero-order valence-corrected chi connectivity index (χ0v) is 17.3. The third-order valence-electron chi connectivity index (χ3n) is 4.92. The Hall–Kier alpha value is -3.52. The quantitative estimate of drug-likeness (QED) is 0.633. The average molecular weight is 421 g/mol. The van der Waals surface area contributed by atoms with Crippen molar-refractivity contribution in [1.82, 2.24) is 4.98 Å². The van der Waals surface area contributed by atoms with Crippen LogP contribution in [0.2, 0.25) is 0 Å². The summed E-state index contributed by atoms with van der Waals surface area (Å²) in [6.07, 6.45) is 0.688. The Labute approximate surface area is 177 Å². The van der Waals surface area contributed by atoms with Crippen LogP contribution in [0.25, 0.3) is 0 Å². The van der Waals surface area contributed by atoms with Crippen molar-refractivity contribution in [2.24, 2.45) is 0 Å². The van der Waals surface area contributed by atoms with E-state index in [2.05, 4.69) is 10.3 Å². The highest BCUT2D eigenvalue weighted by Gasteiger charge is 2.27. The number of rotatable bonds is 5. The van der Waals surface area contributed by atoms with Gasteiger partial charge in [-0.25, -0.2) is 4.98 Å². The lowest BCUT2D eigenvalue weighted by atomic mass is 10.1. The molecule has 3 aromatic rings. The van der Waals surface area contributed by atoms with Gasteiger partial charge in [0, 0.05) is 28.7 Å². The summed E-state index contributed by atoms with van der Waals surface area (Å²) in [5.41, 5.74) is 3.14. The standard InChI is InChI=1S/C22H19N3O4S/c1-13(26)15-5-8-19-16(11-15)9-10-25(19)21(28)18-12-30-22(23-18)24-20(27)14-3-6-17(29-2)7-4-14/h3-8,11-12H,9-10H2,1-2H3,(H,23,24,27). The number of nitrogens with one attached hydrogen (secondary N) is 1. The van der Waals surface area contributed by atoms with E-state index < -0.39 is 0 Å². The van der Waals surface area contributed by atoms with Crippen molar-refractivity contribution in [3.63, 3.8) is 0 Å². The van der Waals surface area contributed by atoms with Crippen LogP contribution in [0.15, 0.2) is 47.8 Å². The van der Waals surface area contributed by atoms with Crippen LogP contribution >= 0.6 is 11.3 Å². The second-order valence-electron chi connectivity index (χ2n) is 6.83. The molecule has 8 heteroatoms. The number of Topliss-reactive ketones (excluding diaryl/α,β-unsaturated/α-hetero) is 1. The Morgan fingerprint density at radius 1 is 1.10 bits per heavy atom. The van der Waals surface area contributed by atoms with E-state index in [0.29, 0.717) is 35.0 Å². The zero-order valence-electron chi connectivity index (χ0n) is 16.5. The largest absolute Gasteiger partial charge is 0.497 e. The molecule has 0 saturated heterocycles. The van der Waals surface area contributed by atoms with Crippen LogP contribution in [0.3, 0.4) is 0 Å². The highest BCUT2D eigenvalue weighted by molar-refractivity contribution is 7.14. The lowest BCUT2D eigenvalue weighted by Crippen LogP contribution is -2.29. The third-order valence-corrected chi connectivity index (χ3v) is 5.68. The minimum Gasteiger partial charge on any atom is -0.497 e. The van der Waals surface area contributed by atoms with Crippen molar-refractivity contribution in [3.05, 3.63) is 70.2 Å². The molecule has 1 aromatic heterocycles. The summed E-state index contributed by atoms with van der Waals surface area (Å²) in [5.74, 6) is 0.120. The summed E-state index contributed by atoms with van der Waals surface area (Å²) in [5, 5.41) is 4.71. The monoisotopic (exact) mass is 421 g/mol. The number of ether oxygens (including phenoxy) is 1. The second kappa shape index (κ2) is 8.08. The lowest BCUT2D eigenvalue weighted by molar-refractivity contribution is 0.0981. The lowest BCUT2D eigenvalue weighted by Gasteiger charge is -2.16. The summed E-state index contributed by atoms with van der Waals surface area (Å²) in [6, 6.07) is 12.1. The van der Waals surface area contributed by atoms with Gasteiger partial charge in [-0.1, -0.05) is 0 Å². The van der Waals surface area contributed by atoms with Gasteiger partial charge in [0.2, 0.25) is 0 Å². The third kappa shape index (κ3) is 3.81. The van der Waals surface area contributed by atoms with E-state index >= 15 is 0 Å². The molecule has 7 nitrogen and oxygen atoms in total. The maximum Gasteiger partial charge on any atom is 0.277 e. The number of hydrogen-bond donors (Lipinski definition) is 1. The molecule has 0 spiro atoms. The van der Waals surface area contributed by atoms with Crippen molar-refractivity contribution in [2.45, 2.75) is 13.3 Å². The molecule has 4 rings (SSSR count). The molecule has 0 fully saturated rings. The molecule has 2 amide bonds. The van der Waals surface area contributed by atoms with Gasteiger partial charge in [0.25, 0.3) is 11.8 Å². The van der Waals surface area contributed by atoms with Gasteiger partial charge in [0.1, 0.15) is 11.4 Å². The normalized spacial score (nSPS) is 12.4. The number of anilines is 2. The SMILES string of the molecule is COc1ccc(C(=O)Nc2nc(C(=O)N3CCc4cc(C(C)=O)ccc43)cs2)cc1. The Balaban J connectivity index is 1.47. The first kappa shape index (κ1) is 19.8. The number of carbonyl (C=O) groups is 3. The van der Waals surface area contributed by atoms with Gasteiger partial charge in [-0.05, 0) is 61.4 Å². The Bertz CT molecular complexity index is 1140. The Morgan fingerprint density at radius 2 is 1.83 bits per heavy atom. The molecule has 30 heavy (non-hydrogen) atoms. The highest BCUT2D eigenvalue weighted by atomic mass is 32.1. The van der Waals surface area contributed by atoms with Crippen molar-refractivity contribution in [1.29, 1.82) is 0 Å². The molecule has 2 heterocycles. The minimum absolute atomic E-state index is 0.000629. The van der Waals surface area contributed by atoms with Crippen molar-refractivity contribution in [2.75, 3.05) is 23.9 Å². The maximum atomic E-state index is 12.9. The summed E-state index contributed by atoms with van der Waals surface area (Å²) in [4.78, 5) is 42.9. The number of hydrogen-bond acceptors (Lipinski definition) is 6. The number of benzene rings is 2. The number of aromatic nitrogens is 1. The number of thiazole rings is 1. The second-order valence-corrected chi connectivity index (χ2v) is 7.69. The molecular formula is C22H19N3O4S.